The Labute approximate surface area is 166 Å². The molecule has 0 saturated carbocycles. The number of hydrogen-bond acceptors (Lipinski definition) is 8. The second-order valence-electron chi connectivity index (χ2n) is 5.50. The first-order valence-corrected chi connectivity index (χ1v) is 9.63. The maximum absolute atomic E-state index is 12.7. The van der Waals surface area contributed by atoms with Gasteiger partial charge in [-0.2, -0.15) is 9.78 Å². The number of nitro benzene ring substituents is 1. The second kappa shape index (κ2) is 7.71. The summed E-state index contributed by atoms with van der Waals surface area (Å²) in [6.07, 6.45) is 4.46. The average molecular weight is 409 g/mol. The van der Waals surface area contributed by atoms with Crippen molar-refractivity contribution in [3.05, 3.63) is 87.2 Å². The Morgan fingerprint density at radius 2 is 2.00 bits per heavy atom. The molecule has 4 aromatic rings. The number of nitrogens with zero attached hydrogens (tertiary/aromatic N) is 5. The van der Waals surface area contributed by atoms with E-state index in [1.54, 1.807) is 42.6 Å². The van der Waals surface area contributed by atoms with Gasteiger partial charge >= 0.3 is 0 Å². The standard InChI is InChI=1S/C18H11N5O3S2/c24-18-13-9-16(27-15-7-2-1-6-14(15)23(25)26)28-17(13)20-11-22(18)21-10-12-5-3-4-8-19-12/h1-11H. The van der Waals surface area contributed by atoms with Crippen LogP contribution in [0, 0.1) is 10.1 Å². The molecule has 0 amide bonds. The zero-order valence-corrected chi connectivity index (χ0v) is 15.8. The van der Waals surface area contributed by atoms with Crippen LogP contribution >= 0.6 is 23.1 Å². The summed E-state index contributed by atoms with van der Waals surface area (Å²) in [6, 6.07) is 13.6. The van der Waals surface area contributed by atoms with Gasteiger partial charge in [0.05, 0.1) is 31.3 Å². The fourth-order valence-corrected chi connectivity index (χ4v) is 4.58. The van der Waals surface area contributed by atoms with Crippen LogP contribution in [-0.2, 0) is 0 Å². The van der Waals surface area contributed by atoms with Crippen molar-refractivity contribution in [2.75, 3.05) is 0 Å². The number of aromatic nitrogens is 3. The lowest BCUT2D eigenvalue weighted by Crippen LogP contribution is -2.16. The number of hydrogen-bond donors (Lipinski definition) is 0. The molecule has 3 heterocycles. The van der Waals surface area contributed by atoms with Gasteiger partial charge in [0.1, 0.15) is 11.2 Å². The molecule has 1 aromatic carbocycles. The summed E-state index contributed by atoms with van der Waals surface area (Å²) in [5, 5.41) is 15.7. The van der Waals surface area contributed by atoms with Gasteiger partial charge in [-0.1, -0.05) is 30.0 Å². The molecular weight excluding hydrogens is 398 g/mol. The minimum absolute atomic E-state index is 0.0234. The number of rotatable bonds is 5. The zero-order chi connectivity index (χ0) is 19.5. The summed E-state index contributed by atoms with van der Waals surface area (Å²) in [5.74, 6) is 0. The molecule has 0 aliphatic carbocycles. The van der Waals surface area contributed by atoms with Gasteiger partial charge in [-0.15, -0.1) is 11.3 Å². The van der Waals surface area contributed by atoms with E-state index in [4.69, 9.17) is 0 Å². The van der Waals surface area contributed by atoms with Crippen molar-refractivity contribution in [3.8, 4) is 0 Å². The van der Waals surface area contributed by atoms with E-state index in [1.807, 2.05) is 6.07 Å². The Morgan fingerprint density at radius 3 is 2.79 bits per heavy atom. The highest BCUT2D eigenvalue weighted by atomic mass is 32.2. The molecule has 0 saturated heterocycles. The number of nitro groups is 1. The van der Waals surface area contributed by atoms with Crippen molar-refractivity contribution < 1.29 is 4.92 Å². The lowest BCUT2D eigenvalue weighted by molar-refractivity contribution is -0.387. The molecule has 0 bridgehead atoms. The minimum Gasteiger partial charge on any atom is -0.267 e. The SMILES string of the molecule is O=c1c2cc(Sc3ccccc3[N+](=O)[O-])sc2ncn1N=Cc1ccccn1. The van der Waals surface area contributed by atoms with Gasteiger partial charge in [-0.05, 0) is 24.3 Å². The van der Waals surface area contributed by atoms with Crippen LogP contribution in [0.3, 0.4) is 0 Å². The van der Waals surface area contributed by atoms with E-state index in [1.165, 1.54) is 41.7 Å². The largest absolute Gasteiger partial charge is 0.283 e. The highest BCUT2D eigenvalue weighted by Crippen LogP contribution is 2.39. The van der Waals surface area contributed by atoms with Crippen molar-refractivity contribution >= 4 is 45.2 Å². The maximum Gasteiger partial charge on any atom is 0.283 e. The second-order valence-corrected chi connectivity index (χ2v) is 7.88. The Balaban J connectivity index is 1.67. The van der Waals surface area contributed by atoms with Crippen molar-refractivity contribution in [3.63, 3.8) is 0 Å². The third kappa shape index (κ3) is 3.68. The molecule has 8 nitrogen and oxygen atoms in total. The van der Waals surface area contributed by atoms with Crippen LogP contribution in [0.15, 0.2) is 80.1 Å². The monoisotopic (exact) mass is 409 g/mol. The first-order valence-electron chi connectivity index (χ1n) is 8.00. The van der Waals surface area contributed by atoms with Gasteiger partial charge in [0, 0.05) is 12.3 Å². The molecular formula is C18H11N5O3S2. The molecule has 0 atom stereocenters. The van der Waals surface area contributed by atoms with Gasteiger partial charge in [0.15, 0.2) is 0 Å². The Hall–Kier alpha value is -3.37. The quantitative estimate of drug-likeness (QED) is 0.282. The summed E-state index contributed by atoms with van der Waals surface area (Å²) in [7, 11) is 0. The third-order valence-electron chi connectivity index (χ3n) is 3.69. The summed E-state index contributed by atoms with van der Waals surface area (Å²) in [4.78, 5) is 32.9. The van der Waals surface area contributed by atoms with Crippen LogP contribution in [-0.4, -0.2) is 25.8 Å². The average Bonchev–Trinajstić information content (AvgIpc) is 3.12. The van der Waals surface area contributed by atoms with Gasteiger partial charge in [0.2, 0.25) is 0 Å². The summed E-state index contributed by atoms with van der Waals surface area (Å²) in [5.41, 5.74) is 0.325. The Kier molecular flexibility index (Phi) is 4.96. The first-order chi connectivity index (χ1) is 13.6. The predicted octanol–water partition coefficient (Wildman–Crippen LogP) is 3.79. The molecule has 0 fully saturated rings. The van der Waals surface area contributed by atoms with Crippen LogP contribution < -0.4 is 5.56 Å². The fraction of sp³-hybridized carbons (Fsp3) is 0. The Morgan fingerprint density at radius 1 is 1.18 bits per heavy atom. The highest BCUT2D eigenvalue weighted by molar-refractivity contribution is 8.01. The van der Waals surface area contributed by atoms with Gasteiger partial charge in [-0.25, -0.2) is 4.98 Å². The summed E-state index contributed by atoms with van der Waals surface area (Å²) in [6.45, 7) is 0. The molecule has 0 radical (unpaired) electrons. The number of thiophene rings is 1. The number of para-hydroxylation sites is 1. The van der Waals surface area contributed by atoms with Gasteiger partial charge in [0.25, 0.3) is 11.2 Å². The van der Waals surface area contributed by atoms with E-state index in [0.29, 0.717) is 20.8 Å². The molecule has 0 spiro atoms. The van der Waals surface area contributed by atoms with E-state index in [2.05, 4.69) is 15.1 Å². The molecule has 10 heteroatoms. The molecule has 0 aliphatic rings. The topological polar surface area (TPSA) is 103 Å². The lowest BCUT2D eigenvalue weighted by atomic mass is 10.3. The van der Waals surface area contributed by atoms with Crippen LogP contribution in [0.1, 0.15) is 5.69 Å². The zero-order valence-electron chi connectivity index (χ0n) is 14.1. The lowest BCUT2D eigenvalue weighted by Gasteiger charge is -1.99. The van der Waals surface area contributed by atoms with Crippen molar-refractivity contribution in [1.82, 2.24) is 14.6 Å². The molecule has 138 valence electrons. The minimum atomic E-state index is -0.423. The molecule has 4 rings (SSSR count). The van der Waals surface area contributed by atoms with Crippen molar-refractivity contribution in [1.29, 1.82) is 0 Å². The van der Waals surface area contributed by atoms with Crippen LogP contribution in [0.4, 0.5) is 5.69 Å². The summed E-state index contributed by atoms with van der Waals surface area (Å²) < 4.78 is 1.88. The van der Waals surface area contributed by atoms with Crippen LogP contribution in [0.5, 0.6) is 0 Å². The van der Waals surface area contributed by atoms with Gasteiger partial charge < -0.3 is 0 Å². The van der Waals surface area contributed by atoms with Gasteiger partial charge in [-0.3, -0.25) is 19.9 Å². The molecule has 0 aliphatic heterocycles. The maximum atomic E-state index is 12.7. The predicted molar refractivity (Wildman–Crippen MR) is 108 cm³/mol. The first kappa shape index (κ1) is 18.0. The van der Waals surface area contributed by atoms with E-state index in [0.717, 1.165) is 8.89 Å². The molecule has 0 unspecified atom stereocenters. The normalized spacial score (nSPS) is 11.3. The van der Waals surface area contributed by atoms with E-state index in [9.17, 15) is 14.9 Å². The summed E-state index contributed by atoms with van der Waals surface area (Å²) >= 11 is 2.53. The van der Waals surface area contributed by atoms with E-state index >= 15 is 0 Å². The molecule has 28 heavy (non-hydrogen) atoms. The molecule has 0 N–H and O–H groups in total. The highest BCUT2D eigenvalue weighted by Gasteiger charge is 2.16. The number of benzene rings is 1. The number of pyridine rings is 1. The van der Waals surface area contributed by atoms with Crippen molar-refractivity contribution in [2.24, 2.45) is 5.10 Å². The molecule has 3 aromatic heterocycles. The van der Waals surface area contributed by atoms with Crippen LogP contribution in [0.2, 0.25) is 0 Å². The van der Waals surface area contributed by atoms with E-state index in [-0.39, 0.29) is 11.2 Å². The third-order valence-corrected chi connectivity index (χ3v) is 5.91. The van der Waals surface area contributed by atoms with Crippen molar-refractivity contribution in [2.45, 2.75) is 9.10 Å². The van der Waals surface area contributed by atoms with E-state index < -0.39 is 4.92 Å². The fourth-order valence-electron chi connectivity index (χ4n) is 2.40. The van der Waals surface area contributed by atoms with Crippen LogP contribution in [0.25, 0.3) is 10.2 Å². The smallest absolute Gasteiger partial charge is 0.267 e. The Bertz CT molecular complexity index is 1250. The number of fused-ring (bicyclic) bond motifs is 1.